The number of hydrogen-bond acceptors (Lipinski definition) is 5. The number of H-pyrrole nitrogens is 1. The van der Waals surface area contributed by atoms with Crippen LogP contribution in [0.2, 0.25) is 0 Å². The number of likely N-dealkylation sites (tertiary alicyclic amines) is 1. The smallest absolute Gasteiger partial charge is 0.244 e. The number of nitrogens with zero attached hydrogens (tertiary/aromatic N) is 6. The van der Waals surface area contributed by atoms with E-state index in [1.807, 2.05) is 17.3 Å². The predicted molar refractivity (Wildman–Crippen MR) is 113 cm³/mol. The minimum absolute atomic E-state index is 0.0461. The molecule has 1 aromatic carbocycles. The normalized spacial score (nSPS) is 16.8. The molecular formula is C22H23N7O. The summed E-state index contributed by atoms with van der Waals surface area (Å²) >= 11 is 0. The van der Waals surface area contributed by atoms with Crippen LogP contribution in [0.3, 0.4) is 0 Å². The van der Waals surface area contributed by atoms with Crippen LogP contribution in [0.15, 0.2) is 49.1 Å². The third-order valence-electron chi connectivity index (χ3n) is 5.91. The highest BCUT2D eigenvalue weighted by Gasteiger charge is 2.29. The van der Waals surface area contributed by atoms with Gasteiger partial charge in [-0.25, -0.2) is 4.68 Å². The Morgan fingerprint density at radius 3 is 2.90 bits per heavy atom. The zero-order chi connectivity index (χ0) is 20.5. The first kappa shape index (κ1) is 18.5. The van der Waals surface area contributed by atoms with Gasteiger partial charge in [0.2, 0.25) is 5.91 Å². The summed E-state index contributed by atoms with van der Waals surface area (Å²) in [6, 6.07) is 10.5. The van der Waals surface area contributed by atoms with E-state index in [0.717, 1.165) is 30.5 Å². The number of piperidine rings is 1. The molecule has 8 nitrogen and oxygen atoms in total. The molecule has 1 fully saturated rings. The Hall–Kier alpha value is -3.55. The van der Waals surface area contributed by atoms with Crippen molar-refractivity contribution in [2.24, 2.45) is 0 Å². The van der Waals surface area contributed by atoms with Crippen molar-refractivity contribution in [2.75, 3.05) is 13.1 Å². The number of benzene rings is 1. The van der Waals surface area contributed by atoms with Crippen molar-refractivity contribution in [3.63, 3.8) is 0 Å². The number of tetrazole rings is 1. The van der Waals surface area contributed by atoms with Gasteiger partial charge >= 0.3 is 0 Å². The summed E-state index contributed by atoms with van der Waals surface area (Å²) < 4.78 is 1.47. The van der Waals surface area contributed by atoms with Crippen LogP contribution < -0.4 is 0 Å². The van der Waals surface area contributed by atoms with Crippen LogP contribution in [0.25, 0.3) is 22.0 Å². The Labute approximate surface area is 173 Å². The average molecular weight is 401 g/mol. The van der Waals surface area contributed by atoms with Gasteiger partial charge in [-0.1, -0.05) is 18.2 Å². The molecule has 1 N–H and O–H groups in total. The van der Waals surface area contributed by atoms with Crippen molar-refractivity contribution in [1.82, 2.24) is 35.1 Å². The van der Waals surface area contributed by atoms with Crippen LogP contribution in [-0.2, 0) is 11.3 Å². The molecule has 1 aliphatic rings. The Morgan fingerprint density at radius 2 is 2.10 bits per heavy atom. The molecule has 0 aliphatic carbocycles. The van der Waals surface area contributed by atoms with Crippen molar-refractivity contribution >= 4 is 16.8 Å². The van der Waals surface area contributed by atoms with Crippen molar-refractivity contribution < 1.29 is 4.79 Å². The lowest BCUT2D eigenvalue weighted by Crippen LogP contribution is -2.41. The molecule has 0 unspecified atom stereocenters. The maximum atomic E-state index is 12.8. The lowest BCUT2D eigenvalue weighted by atomic mass is 9.89. The molecule has 0 bridgehead atoms. The van der Waals surface area contributed by atoms with Crippen LogP contribution in [0.1, 0.15) is 30.0 Å². The number of nitrogens with one attached hydrogen (secondary N) is 1. The Balaban J connectivity index is 1.51. The number of para-hydroxylation sites is 1. The summed E-state index contributed by atoms with van der Waals surface area (Å²) in [5.74, 6) is 0.288. The molecule has 0 spiro atoms. The van der Waals surface area contributed by atoms with Gasteiger partial charge < -0.3 is 9.88 Å². The number of fused-ring (bicyclic) bond motifs is 1. The largest absolute Gasteiger partial charge is 0.357 e. The van der Waals surface area contributed by atoms with E-state index in [1.165, 1.54) is 33.2 Å². The van der Waals surface area contributed by atoms with Gasteiger partial charge in [-0.3, -0.25) is 9.78 Å². The van der Waals surface area contributed by atoms with Gasteiger partial charge in [-0.05, 0) is 53.5 Å². The molecule has 4 heterocycles. The third kappa shape index (κ3) is 3.34. The van der Waals surface area contributed by atoms with Crippen LogP contribution in [-0.4, -0.2) is 54.1 Å². The number of pyridine rings is 1. The molecule has 152 valence electrons. The zero-order valence-electron chi connectivity index (χ0n) is 16.8. The number of carbonyl (C=O) groups excluding carboxylic acids is 1. The van der Waals surface area contributed by atoms with E-state index in [2.05, 4.69) is 62.7 Å². The zero-order valence-corrected chi connectivity index (χ0v) is 16.8. The van der Waals surface area contributed by atoms with E-state index in [0.29, 0.717) is 6.54 Å². The standard InChI is InChI=1S/C22H23N7O/c1-15-4-2-6-18-20(16-7-9-23-10-8-16)22(25-21(15)18)17-5-3-11-28(12-17)19(30)13-29-14-24-26-27-29/h2,4,6-10,14,17,25H,3,5,11-13H2,1H3/t17-/m0/s1. The highest BCUT2D eigenvalue weighted by atomic mass is 16.2. The fraction of sp³-hybridized carbons (Fsp3) is 0.318. The summed E-state index contributed by atoms with van der Waals surface area (Å²) in [5, 5.41) is 12.3. The Morgan fingerprint density at radius 1 is 1.23 bits per heavy atom. The minimum atomic E-state index is 0.0461. The number of aromatic amines is 1. The SMILES string of the molecule is Cc1cccc2c(-c3ccncc3)c([C@H]3CCCN(C(=O)Cn4cnnn4)C3)[nH]c12. The van der Waals surface area contributed by atoms with E-state index in [1.54, 1.807) is 0 Å². The first-order valence-corrected chi connectivity index (χ1v) is 10.2. The summed E-state index contributed by atoms with van der Waals surface area (Å²) in [4.78, 5) is 22.6. The molecule has 5 rings (SSSR count). The van der Waals surface area contributed by atoms with E-state index >= 15 is 0 Å². The third-order valence-corrected chi connectivity index (χ3v) is 5.91. The van der Waals surface area contributed by atoms with Crippen molar-refractivity contribution in [3.8, 4) is 11.1 Å². The maximum absolute atomic E-state index is 12.8. The fourth-order valence-corrected chi connectivity index (χ4v) is 4.45. The van der Waals surface area contributed by atoms with Gasteiger partial charge in [0.05, 0.1) is 0 Å². The monoisotopic (exact) mass is 401 g/mol. The number of rotatable bonds is 4. The molecule has 1 atom stereocenters. The molecule has 1 saturated heterocycles. The molecule has 1 aliphatic heterocycles. The van der Waals surface area contributed by atoms with E-state index in [9.17, 15) is 4.79 Å². The summed E-state index contributed by atoms with van der Waals surface area (Å²) in [5.41, 5.74) is 5.95. The number of hydrogen-bond donors (Lipinski definition) is 1. The summed E-state index contributed by atoms with van der Waals surface area (Å²) in [6.07, 6.45) is 7.14. The Kier molecular flexibility index (Phi) is 4.74. The van der Waals surface area contributed by atoms with E-state index < -0.39 is 0 Å². The van der Waals surface area contributed by atoms with Crippen LogP contribution >= 0.6 is 0 Å². The topological polar surface area (TPSA) is 92.6 Å². The van der Waals surface area contributed by atoms with Gasteiger partial charge in [0, 0.05) is 53.6 Å². The van der Waals surface area contributed by atoms with Crippen LogP contribution in [0, 0.1) is 6.92 Å². The summed E-state index contributed by atoms with van der Waals surface area (Å²) in [7, 11) is 0. The quantitative estimate of drug-likeness (QED) is 0.568. The second-order valence-corrected chi connectivity index (χ2v) is 7.83. The number of aryl methyl sites for hydroxylation is 1. The van der Waals surface area contributed by atoms with Gasteiger partial charge in [0.1, 0.15) is 12.9 Å². The first-order valence-electron chi connectivity index (χ1n) is 10.2. The van der Waals surface area contributed by atoms with Crippen LogP contribution in [0.4, 0.5) is 0 Å². The Bertz CT molecular complexity index is 1170. The molecule has 4 aromatic rings. The number of carbonyl (C=O) groups is 1. The lowest BCUT2D eigenvalue weighted by molar-refractivity contribution is -0.133. The van der Waals surface area contributed by atoms with Crippen molar-refractivity contribution in [1.29, 1.82) is 0 Å². The van der Waals surface area contributed by atoms with Crippen molar-refractivity contribution in [2.45, 2.75) is 32.2 Å². The maximum Gasteiger partial charge on any atom is 0.244 e. The predicted octanol–water partition coefficient (Wildman–Crippen LogP) is 2.93. The number of amides is 1. The molecule has 0 saturated carbocycles. The highest BCUT2D eigenvalue weighted by molar-refractivity contribution is 5.99. The molecule has 3 aromatic heterocycles. The van der Waals surface area contributed by atoms with Gasteiger partial charge in [-0.15, -0.1) is 5.10 Å². The average Bonchev–Trinajstić information content (AvgIpc) is 3.43. The molecule has 0 radical (unpaired) electrons. The second-order valence-electron chi connectivity index (χ2n) is 7.83. The van der Waals surface area contributed by atoms with E-state index in [-0.39, 0.29) is 18.4 Å². The van der Waals surface area contributed by atoms with E-state index in [4.69, 9.17) is 0 Å². The van der Waals surface area contributed by atoms with Gasteiger partial charge in [-0.2, -0.15) is 0 Å². The number of aromatic nitrogens is 6. The molecule has 1 amide bonds. The molecule has 30 heavy (non-hydrogen) atoms. The molecule has 8 heteroatoms. The minimum Gasteiger partial charge on any atom is -0.357 e. The fourth-order valence-electron chi connectivity index (χ4n) is 4.45. The summed E-state index contributed by atoms with van der Waals surface area (Å²) in [6.45, 7) is 3.75. The first-order chi connectivity index (χ1) is 14.7. The lowest BCUT2D eigenvalue weighted by Gasteiger charge is -2.33. The van der Waals surface area contributed by atoms with Gasteiger partial charge in [0.25, 0.3) is 0 Å². The van der Waals surface area contributed by atoms with Gasteiger partial charge in [0.15, 0.2) is 0 Å². The highest BCUT2D eigenvalue weighted by Crippen LogP contribution is 2.39. The van der Waals surface area contributed by atoms with Crippen molar-refractivity contribution in [3.05, 3.63) is 60.3 Å². The molecular weight excluding hydrogens is 378 g/mol. The second kappa shape index (κ2) is 7.70. The van der Waals surface area contributed by atoms with Crippen LogP contribution in [0.5, 0.6) is 0 Å².